The van der Waals surface area contributed by atoms with E-state index in [4.69, 9.17) is 17.3 Å². The number of fused-ring (bicyclic) bond motifs is 1. The van der Waals surface area contributed by atoms with Crippen LogP contribution in [0.5, 0.6) is 0 Å². The Morgan fingerprint density at radius 2 is 2.11 bits per heavy atom. The van der Waals surface area contributed by atoms with Crippen LogP contribution in [-0.4, -0.2) is 9.19 Å². The zero-order valence-corrected chi connectivity index (χ0v) is 12.8. The third kappa shape index (κ3) is 2.81. The molecule has 0 amide bonds. The molecular formula is C12H9ClN2OS3. The van der Waals surface area contributed by atoms with Gasteiger partial charge < -0.3 is 5.73 Å². The lowest BCUT2D eigenvalue weighted by Gasteiger charge is -1.94. The zero-order chi connectivity index (χ0) is 13.4. The number of aromatic nitrogens is 1. The Kier molecular flexibility index (Phi) is 3.58. The van der Waals surface area contributed by atoms with Crippen LogP contribution in [0.4, 0.5) is 5.69 Å². The molecule has 2 aromatic heterocycles. The Balaban J connectivity index is 1.89. The number of thiophene rings is 1. The molecule has 0 aliphatic heterocycles. The molecule has 0 aliphatic rings. The molecule has 1 unspecified atom stereocenters. The highest BCUT2D eigenvalue weighted by molar-refractivity contribution is 7.86. The normalized spacial score (nSPS) is 12.9. The maximum absolute atomic E-state index is 12.3. The molecule has 2 N–H and O–H groups in total. The molecule has 19 heavy (non-hydrogen) atoms. The molecule has 0 spiro atoms. The van der Waals surface area contributed by atoms with Crippen molar-refractivity contribution in [3.05, 3.63) is 39.5 Å². The summed E-state index contributed by atoms with van der Waals surface area (Å²) in [5.74, 6) is 0.451. The van der Waals surface area contributed by atoms with Crippen molar-refractivity contribution in [3.63, 3.8) is 0 Å². The number of rotatable bonds is 3. The van der Waals surface area contributed by atoms with Gasteiger partial charge in [-0.25, -0.2) is 4.98 Å². The Morgan fingerprint density at radius 3 is 2.84 bits per heavy atom. The predicted octanol–water partition coefficient (Wildman–Crippen LogP) is 3.90. The van der Waals surface area contributed by atoms with Gasteiger partial charge in [-0.2, -0.15) is 0 Å². The largest absolute Gasteiger partial charge is 0.399 e. The van der Waals surface area contributed by atoms with Gasteiger partial charge in [-0.3, -0.25) is 4.21 Å². The Labute approximate surface area is 125 Å². The number of benzene rings is 1. The van der Waals surface area contributed by atoms with Gasteiger partial charge in [-0.1, -0.05) is 11.6 Å². The molecule has 0 saturated heterocycles. The molecule has 98 valence electrons. The van der Waals surface area contributed by atoms with E-state index in [1.807, 2.05) is 24.3 Å². The number of thiazole rings is 1. The number of hydrogen-bond acceptors (Lipinski definition) is 5. The van der Waals surface area contributed by atoms with Crippen LogP contribution >= 0.6 is 34.3 Å². The van der Waals surface area contributed by atoms with Crippen molar-refractivity contribution in [2.75, 3.05) is 5.73 Å². The second kappa shape index (κ2) is 5.20. The molecule has 0 saturated carbocycles. The van der Waals surface area contributed by atoms with E-state index in [0.717, 1.165) is 15.1 Å². The van der Waals surface area contributed by atoms with Crippen molar-refractivity contribution in [1.29, 1.82) is 0 Å². The molecule has 1 atom stereocenters. The molecule has 0 bridgehead atoms. The van der Waals surface area contributed by atoms with Crippen LogP contribution in [0.15, 0.2) is 34.7 Å². The molecule has 3 aromatic rings. The Morgan fingerprint density at radius 1 is 1.26 bits per heavy atom. The second-order valence-electron chi connectivity index (χ2n) is 3.90. The first-order valence-corrected chi connectivity index (χ1v) is 8.73. The highest BCUT2D eigenvalue weighted by Crippen LogP contribution is 2.29. The summed E-state index contributed by atoms with van der Waals surface area (Å²) in [6, 6.07) is 9.22. The standard InChI is InChI=1S/C12H9ClN2OS3/c13-11-4-2-8(17-11)6-19(16)12-15-9-3-1-7(14)5-10(9)18-12/h1-5H,6,14H2. The average molecular weight is 329 g/mol. The van der Waals surface area contributed by atoms with E-state index in [2.05, 4.69) is 4.98 Å². The Bertz CT molecular complexity index is 765. The fourth-order valence-corrected chi connectivity index (χ4v) is 5.32. The highest BCUT2D eigenvalue weighted by Gasteiger charge is 2.12. The van der Waals surface area contributed by atoms with Crippen LogP contribution in [-0.2, 0) is 16.6 Å². The van der Waals surface area contributed by atoms with Crippen molar-refractivity contribution >= 4 is 61.0 Å². The summed E-state index contributed by atoms with van der Waals surface area (Å²) in [5.41, 5.74) is 7.26. The number of halogens is 1. The molecule has 0 fully saturated rings. The van der Waals surface area contributed by atoms with Crippen LogP contribution in [0.3, 0.4) is 0 Å². The zero-order valence-electron chi connectivity index (χ0n) is 9.63. The van der Waals surface area contributed by atoms with E-state index in [0.29, 0.717) is 20.1 Å². The van der Waals surface area contributed by atoms with Crippen LogP contribution in [0.25, 0.3) is 10.2 Å². The minimum atomic E-state index is -1.14. The molecular weight excluding hydrogens is 320 g/mol. The minimum absolute atomic E-state index is 0.451. The predicted molar refractivity (Wildman–Crippen MR) is 83.5 cm³/mol. The summed E-state index contributed by atoms with van der Waals surface area (Å²) in [4.78, 5) is 5.39. The third-order valence-corrected chi connectivity index (χ3v) is 6.58. The van der Waals surface area contributed by atoms with Gasteiger partial charge in [0.25, 0.3) is 0 Å². The quantitative estimate of drug-likeness (QED) is 0.742. The van der Waals surface area contributed by atoms with Crippen molar-refractivity contribution in [3.8, 4) is 0 Å². The maximum atomic E-state index is 12.3. The first-order valence-electron chi connectivity index (χ1n) is 5.40. The summed E-state index contributed by atoms with van der Waals surface area (Å²) in [5, 5.41) is 0. The average Bonchev–Trinajstić information content (AvgIpc) is 2.95. The molecule has 0 aliphatic carbocycles. The van der Waals surface area contributed by atoms with E-state index in [1.54, 1.807) is 6.07 Å². The number of anilines is 1. The number of nitrogens with zero attached hydrogens (tertiary/aromatic N) is 1. The van der Waals surface area contributed by atoms with Crippen molar-refractivity contribution in [2.24, 2.45) is 0 Å². The monoisotopic (exact) mass is 328 g/mol. The summed E-state index contributed by atoms with van der Waals surface area (Å²) in [6.45, 7) is 0. The minimum Gasteiger partial charge on any atom is -0.399 e. The molecule has 3 rings (SSSR count). The topological polar surface area (TPSA) is 56.0 Å². The summed E-state index contributed by atoms with van der Waals surface area (Å²) in [7, 11) is -1.14. The van der Waals surface area contributed by atoms with Crippen LogP contribution in [0.1, 0.15) is 4.88 Å². The Hall–Kier alpha value is -0.950. The van der Waals surface area contributed by atoms with Gasteiger partial charge in [0, 0.05) is 10.6 Å². The van der Waals surface area contributed by atoms with Crippen molar-refractivity contribution < 1.29 is 4.21 Å². The van der Waals surface area contributed by atoms with Gasteiger partial charge in [-0.05, 0) is 30.3 Å². The van der Waals surface area contributed by atoms with E-state index in [9.17, 15) is 4.21 Å². The summed E-state index contributed by atoms with van der Waals surface area (Å²) in [6.07, 6.45) is 0. The van der Waals surface area contributed by atoms with Crippen molar-refractivity contribution in [2.45, 2.75) is 10.1 Å². The van der Waals surface area contributed by atoms with Gasteiger partial charge in [0.2, 0.25) is 0 Å². The van der Waals surface area contributed by atoms with Gasteiger partial charge >= 0.3 is 0 Å². The van der Waals surface area contributed by atoms with E-state index >= 15 is 0 Å². The smallest absolute Gasteiger partial charge is 0.182 e. The molecule has 2 heterocycles. The SMILES string of the molecule is Nc1ccc2nc(S(=O)Cc3ccc(Cl)s3)sc2c1. The molecule has 3 nitrogen and oxygen atoms in total. The van der Waals surface area contributed by atoms with Gasteiger partial charge in [0.15, 0.2) is 4.34 Å². The highest BCUT2D eigenvalue weighted by atomic mass is 35.5. The maximum Gasteiger partial charge on any atom is 0.182 e. The van der Waals surface area contributed by atoms with Crippen LogP contribution < -0.4 is 5.73 Å². The number of nitrogen functional groups attached to an aromatic ring is 1. The van der Waals surface area contributed by atoms with Gasteiger partial charge in [0.1, 0.15) is 0 Å². The summed E-state index contributed by atoms with van der Waals surface area (Å²) >= 11 is 8.74. The fourth-order valence-electron chi connectivity index (χ4n) is 1.64. The van der Waals surface area contributed by atoms with Gasteiger partial charge in [0.05, 0.1) is 31.1 Å². The second-order valence-corrected chi connectivity index (χ2v) is 8.36. The lowest BCUT2D eigenvalue weighted by atomic mass is 10.3. The molecule has 1 aromatic carbocycles. The lowest BCUT2D eigenvalue weighted by molar-refractivity contribution is 0.682. The van der Waals surface area contributed by atoms with Gasteiger partial charge in [-0.15, -0.1) is 22.7 Å². The number of nitrogens with two attached hydrogens (primary N) is 1. The van der Waals surface area contributed by atoms with E-state index in [1.165, 1.54) is 22.7 Å². The van der Waals surface area contributed by atoms with E-state index < -0.39 is 10.8 Å². The first kappa shape index (κ1) is 13.1. The lowest BCUT2D eigenvalue weighted by Crippen LogP contribution is -1.93. The first-order chi connectivity index (χ1) is 9.11. The third-order valence-electron chi connectivity index (χ3n) is 2.49. The molecule has 7 heteroatoms. The molecule has 0 radical (unpaired) electrons. The number of hydrogen-bond donors (Lipinski definition) is 1. The van der Waals surface area contributed by atoms with E-state index in [-0.39, 0.29) is 0 Å². The fraction of sp³-hybridized carbons (Fsp3) is 0.0833. The van der Waals surface area contributed by atoms with Crippen LogP contribution in [0.2, 0.25) is 4.34 Å². The van der Waals surface area contributed by atoms with Crippen molar-refractivity contribution in [1.82, 2.24) is 4.98 Å². The van der Waals surface area contributed by atoms with Crippen LogP contribution in [0, 0.1) is 0 Å². The summed E-state index contributed by atoms with van der Waals surface area (Å²) < 4.78 is 14.6.